The molecule has 1 rings (SSSR count). The van der Waals surface area contributed by atoms with Crippen LogP contribution >= 0.6 is 11.3 Å². The summed E-state index contributed by atoms with van der Waals surface area (Å²) in [5, 5.41) is 13.6. The van der Waals surface area contributed by atoms with E-state index in [0.717, 1.165) is 4.88 Å². The number of aliphatic carboxylic acids is 1. The van der Waals surface area contributed by atoms with Gasteiger partial charge in [0.25, 0.3) is 0 Å². The highest BCUT2D eigenvalue weighted by Crippen LogP contribution is 2.19. The van der Waals surface area contributed by atoms with Crippen LogP contribution in [0.3, 0.4) is 0 Å². The van der Waals surface area contributed by atoms with Crippen LogP contribution in [0.15, 0.2) is 17.5 Å². The SMILES string of the molecule is CC(C)(C)OC(=O)N[C@@](C)(Cc1cccs1)C(=O)O. The molecule has 0 saturated carbocycles. The summed E-state index contributed by atoms with van der Waals surface area (Å²) in [6.45, 7) is 6.65. The van der Waals surface area contributed by atoms with Crippen LogP contribution in [0.25, 0.3) is 0 Å². The number of hydrogen-bond donors (Lipinski definition) is 2. The summed E-state index contributed by atoms with van der Waals surface area (Å²) in [5.41, 5.74) is -2.04. The first-order valence-electron chi connectivity index (χ1n) is 5.89. The number of hydrogen-bond acceptors (Lipinski definition) is 4. The maximum absolute atomic E-state index is 11.7. The van der Waals surface area contributed by atoms with Crippen LogP contribution in [0.1, 0.15) is 32.6 Å². The molecular formula is C13H19NO4S. The van der Waals surface area contributed by atoms with Crippen molar-refractivity contribution in [2.24, 2.45) is 0 Å². The summed E-state index contributed by atoms with van der Waals surface area (Å²) < 4.78 is 5.09. The standard InChI is InChI=1S/C13H19NO4S/c1-12(2,3)18-11(17)14-13(4,10(15)16)8-9-6-5-7-19-9/h5-7H,8H2,1-4H3,(H,14,17)(H,15,16)/t13-/m0/s1. The fourth-order valence-corrected chi connectivity index (χ4v) is 2.32. The zero-order valence-electron chi connectivity index (χ0n) is 11.5. The lowest BCUT2D eigenvalue weighted by molar-refractivity contribution is -0.144. The Labute approximate surface area is 116 Å². The Morgan fingerprint density at radius 1 is 1.37 bits per heavy atom. The minimum atomic E-state index is -1.38. The van der Waals surface area contributed by atoms with Crippen molar-refractivity contribution < 1.29 is 19.4 Å². The van der Waals surface area contributed by atoms with E-state index in [2.05, 4.69) is 5.32 Å². The molecule has 0 aliphatic carbocycles. The second-order valence-corrected chi connectivity index (χ2v) is 6.55. The quantitative estimate of drug-likeness (QED) is 0.891. The number of rotatable bonds is 4. The highest BCUT2D eigenvalue weighted by Gasteiger charge is 2.36. The van der Waals surface area contributed by atoms with E-state index >= 15 is 0 Å². The minimum absolute atomic E-state index is 0.221. The molecule has 0 bridgehead atoms. The molecule has 0 aromatic carbocycles. The molecule has 0 fully saturated rings. The Hall–Kier alpha value is -1.56. The van der Waals surface area contributed by atoms with E-state index in [-0.39, 0.29) is 6.42 Å². The summed E-state index contributed by atoms with van der Waals surface area (Å²) >= 11 is 1.45. The third-order valence-corrected chi connectivity index (χ3v) is 3.23. The number of carbonyl (C=O) groups is 2. The van der Waals surface area contributed by atoms with Crippen molar-refractivity contribution in [2.45, 2.75) is 45.3 Å². The van der Waals surface area contributed by atoms with Gasteiger partial charge in [0.05, 0.1) is 0 Å². The van der Waals surface area contributed by atoms with E-state index in [1.807, 2.05) is 17.5 Å². The number of carboxylic acids is 1. The number of thiophene rings is 1. The lowest BCUT2D eigenvalue weighted by Gasteiger charge is -2.28. The molecule has 0 spiro atoms. The van der Waals surface area contributed by atoms with Gasteiger partial charge in [-0.15, -0.1) is 11.3 Å². The number of carbonyl (C=O) groups excluding carboxylic acids is 1. The largest absolute Gasteiger partial charge is 0.480 e. The van der Waals surface area contributed by atoms with E-state index in [0.29, 0.717) is 0 Å². The molecule has 5 nitrogen and oxygen atoms in total. The van der Waals surface area contributed by atoms with Crippen LogP contribution in [0, 0.1) is 0 Å². The summed E-state index contributed by atoms with van der Waals surface area (Å²) in [6, 6.07) is 3.68. The van der Waals surface area contributed by atoms with Gasteiger partial charge in [-0.3, -0.25) is 0 Å². The molecule has 0 aliphatic rings. The van der Waals surface area contributed by atoms with Crippen molar-refractivity contribution in [2.75, 3.05) is 0 Å². The van der Waals surface area contributed by atoms with Gasteiger partial charge in [0.1, 0.15) is 11.1 Å². The number of ether oxygens (including phenoxy) is 1. The first-order chi connectivity index (χ1) is 8.62. The molecule has 6 heteroatoms. The molecule has 1 atom stereocenters. The molecule has 1 aromatic heterocycles. The van der Waals surface area contributed by atoms with Crippen LogP contribution in [-0.2, 0) is 16.0 Å². The van der Waals surface area contributed by atoms with E-state index in [4.69, 9.17) is 4.74 Å². The molecule has 0 radical (unpaired) electrons. The van der Waals surface area contributed by atoms with Crippen LogP contribution in [-0.4, -0.2) is 28.3 Å². The first kappa shape index (κ1) is 15.5. The predicted molar refractivity (Wildman–Crippen MR) is 73.4 cm³/mol. The van der Waals surface area contributed by atoms with Crippen LogP contribution < -0.4 is 5.32 Å². The zero-order chi connectivity index (χ0) is 14.7. The van der Waals surface area contributed by atoms with Gasteiger partial charge in [-0.25, -0.2) is 9.59 Å². The molecule has 1 amide bonds. The van der Waals surface area contributed by atoms with E-state index in [9.17, 15) is 14.7 Å². The van der Waals surface area contributed by atoms with Gasteiger partial charge in [0.2, 0.25) is 0 Å². The minimum Gasteiger partial charge on any atom is -0.480 e. The van der Waals surface area contributed by atoms with Gasteiger partial charge in [0.15, 0.2) is 0 Å². The van der Waals surface area contributed by atoms with Crippen molar-refractivity contribution in [3.63, 3.8) is 0 Å². The molecule has 1 aromatic rings. The number of amides is 1. The van der Waals surface area contributed by atoms with Gasteiger partial charge in [-0.1, -0.05) is 6.07 Å². The number of alkyl carbamates (subject to hydrolysis) is 1. The third kappa shape index (κ3) is 4.90. The summed E-state index contributed by atoms with van der Waals surface area (Å²) in [5.74, 6) is -1.09. The van der Waals surface area contributed by atoms with E-state index < -0.39 is 23.2 Å². The monoisotopic (exact) mass is 285 g/mol. The van der Waals surface area contributed by atoms with Crippen molar-refractivity contribution in [1.82, 2.24) is 5.32 Å². The number of nitrogens with one attached hydrogen (secondary N) is 1. The topological polar surface area (TPSA) is 75.6 Å². The lowest BCUT2D eigenvalue weighted by atomic mass is 9.97. The molecule has 0 aliphatic heterocycles. The van der Waals surface area contributed by atoms with Crippen LogP contribution in [0.2, 0.25) is 0 Å². The summed E-state index contributed by atoms with van der Waals surface area (Å²) in [4.78, 5) is 24.0. The average Bonchev–Trinajstić information content (AvgIpc) is 2.66. The van der Waals surface area contributed by atoms with Crippen molar-refractivity contribution in [3.8, 4) is 0 Å². The molecule has 106 valence electrons. The molecule has 0 unspecified atom stereocenters. The Balaban J connectivity index is 2.77. The predicted octanol–water partition coefficient (Wildman–Crippen LogP) is 2.66. The maximum atomic E-state index is 11.7. The van der Waals surface area contributed by atoms with Gasteiger partial charge in [-0.05, 0) is 39.1 Å². The van der Waals surface area contributed by atoms with Gasteiger partial charge in [-0.2, -0.15) is 0 Å². The second-order valence-electron chi connectivity index (χ2n) is 5.52. The Morgan fingerprint density at radius 3 is 2.42 bits per heavy atom. The first-order valence-corrected chi connectivity index (χ1v) is 6.77. The normalized spacial score (nSPS) is 14.5. The smallest absolute Gasteiger partial charge is 0.408 e. The molecule has 0 saturated heterocycles. The highest BCUT2D eigenvalue weighted by molar-refractivity contribution is 7.09. The molecular weight excluding hydrogens is 266 g/mol. The molecule has 19 heavy (non-hydrogen) atoms. The number of carboxylic acid groups (broad SMARTS) is 1. The third-order valence-electron chi connectivity index (χ3n) is 2.36. The second kappa shape index (κ2) is 5.61. The lowest BCUT2D eigenvalue weighted by Crippen LogP contribution is -2.54. The summed E-state index contributed by atoms with van der Waals surface area (Å²) in [7, 11) is 0. The Bertz CT molecular complexity index is 450. The van der Waals surface area contributed by atoms with E-state index in [1.54, 1.807) is 20.8 Å². The van der Waals surface area contributed by atoms with Gasteiger partial charge in [0, 0.05) is 11.3 Å². The van der Waals surface area contributed by atoms with Crippen LogP contribution in [0.4, 0.5) is 4.79 Å². The van der Waals surface area contributed by atoms with Crippen molar-refractivity contribution >= 4 is 23.4 Å². The fourth-order valence-electron chi connectivity index (χ4n) is 1.46. The highest BCUT2D eigenvalue weighted by atomic mass is 32.1. The van der Waals surface area contributed by atoms with Crippen molar-refractivity contribution in [3.05, 3.63) is 22.4 Å². The molecule has 1 heterocycles. The summed E-state index contributed by atoms with van der Waals surface area (Å²) in [6.07, 6.45) is -0.506. The maximum Gasteiger partial charge on any atom is 0.408 e. The van der Waals surface area contributed by atoms with E-state index in [1.165, 1.54) is 18.3 Å². The van der Waals surface area contributed by atoms with Gasteiger partial charge >= 0.3 is 12.1 Å². The zero-order valence-corrected chi connectivity index (χ0v) is 12.3. The van der Waals surface area contributed by atoms with Gasteiger partial charge < -0.3 is 15.2 Å². The fraction of sp³-hybridized carbons (Fsp3) is 0.538. The van der Waals surface area contributed by atoms with Crippen LogP contribution in [0.5, 0.6) is 0 Å². The Kier molecular flexibility index (Phi) is 4.57. The van der Waals surface area contributed by atoms with Crippen molar-refractivity contribution in [1.29, 1.82) is 0 Å². The molecule has 2 N–H and O–H groups in total. The Morgan fingerprint density at radius 2 is 2.00 bits per heavy atom. The average molecular weight is 285 g/mol.